The van der Waals surface area contributed by atoms with Crippen LogP contribution in [0.15, 0.2) is 158 Å². The third kappa shape index (κ3) is 5.32. The normalized spacial score (nSPS) is 10.8. The molecule has 0 aliphatic heterocycles. The number of hydrogen-bond acceptors (Lipinski definition) is 3. The fourth-order valence-electron chi connectivity index (χ4n) is 5.04. The minimum absolute atomic E-state index is 0.475. The third-order valence-corrected chi connectivity index (χ3v) is 7.13. The predicted octanol–water partition coefficient (Wildman–Crippen LogP) is 7.84. The van der Waals surface area contributed by atoms with Crippen molar-refractivity contribution >= 4 is 29.6 Å². The van der Waals surface area contributed by atoms with Crippen molar-refractivity contribution in [3.63, 3.8) is 0 Å². The average molecular weight is 517 g/mol. The van der Waals surface area contributed by atoms with E-state index in [0.717, 1.165) is 39.3 Å². The standard InChI is InChI=1S/C36H28BNO2/c39-37(40)32-21-15-28(16-22-32)30-19-25-34(26-20-30)38(33-23-17-29(18-24-33)27-9-3-1-4-10-27)36-14-8-7-13-35(36)31-11-5-2-6-12-31/h1-26,39-40H. The quantitative estimate of drug-likeness (QED) is 0.212. The lowest BCUT2D eigenvalue weighted by Gasteiger charge is -2.28. The molecule has 0 saturated carbocycles. The van der Waals surface area contributed by atoms with E-state index in [2.05, 4.69) is 126 Å². The summed E-state index contributed by atoms with van der Waals surface area (Å²) in [5.41, 5.74) is 10.4. The van der Waals surface area contributed by atoms with Crippen molar-refractivity contribution in [2.24, 2.45) is 0 Å². The Morgan fingerprint density at radius 3 is 1.27 bits per heavy atom. The van der Waals surface area contributed by atoms with Crippen molar-refractivity contribution in [1.82, 2.24) is 0 Å². The van der Waals surface area contributed by atoms with Crippen LogP contribution in [0.25, 0.3) is 33.4 Å². The number of hydrogen-bond donors (Lipinski definition) is 2. The summed E-state index contributed by atoms with van der Waals surface area (Å²) in [6.07, 6.45) is 0. The molecule has 2 N–H and O–H groups in total. The Bertz CT molecular complexity index is 1680. The van der Waals surface area contributed by atoms with Crippen LogP contribution in [0, 0.1) is 0 Å². The molecule has 0 unspecified atom stereocenters. The second kappa shape index (κ2) is 11.5. The molecule has 0 aromatic heterocycles. The SMILES string of the molecule is OB(O)c1ccc(-c2ccc(N(c3ccc(-c4ccccc4)cc3)c3ccccc3-c3ccccc3)cc2)cc1. The molecule has 0 fully saturated rings. The lowest BCUT2D eigenvalue weighted by atomic mass is 9.80. The topological polar surface area (TPSA) is 43.7 Å². The second-order valence-electron chi connectivity index (χ2n) is 9.67. The summed E-state index contributed by atoms with van der Waals surface area (Å²) in [4.78, 5) is 2.30. The van der Waals surface area contributed by atoms with Gasteiger partial charge in [0.1, 0.15) is 0 Å². The Labute approximate surface area is 235 Å². The van der Waals surface area contributed by atoms with Crippen LogP contribution in [-0.4, -0.2) is 17.2 Å². The van der Waals surface area contributed by atoms with Gasteiger partial charge in [-0.1, -0.05) is 127 Å². The Morgan fingerprint density at radius 2 is 0.775 bits per heavy atom. The molecule has 192 valence electrons. The number of nitrogens with zero attached hydrogens (tertiary/aromatic N) is 1. The first kappa shape index (κ1) is 25.4. The van der Waals surface area contributed by atoms with E-state index in [4.69, 9.17) is 0 Å². The van der Waals surface area contributed by atoms with Gasteiger partial charge in [0.15, 0.2) is 0 Å². The zero-order chi connectivity index (χ0) is 27.3. The molecule has 4 heteroatoms. The number of rotatable bonds is 7. The van der Waals surface area contributed by atoms with Crippen LogP contribution in [0.5, 0.6) is 0 Å². The minimum Gasteiger partial charge on any atom is -0.423 e. The van der Waals surface area contributed by atoms with Gasteiger partial charge in [0.25, 0.3) is 0 Å². The molecular formula is C36H28BNO2. The molecule has 0 aliphatic carbocycles. The molecule has 0 spiro atoms. The Kier molecular flexibility index (Phi) is 7.27. The smallest absolute Gasteiger partial charge is 0.423 e. The van der Waals surface area contributed by atoms with Crippen LogP contribution in [0.2, 0.25) is 0 Å². The summed E-state index contributed by atoms with van der Waals surface area (Å²) in [5, 5.41) is 18.9. The molecule has 0 saturated heterocycles. The molecule has 6 aromatic carbocycles. The summed E-state index contributed by atoms with van der Waals surface area (Å²) >= 11 is 0. The van der Waals surface area contributed by atoms with Gasteiger partial charge in [0.2, 0.25) is 0 Å². The first-order valence-corrected chi connectivity index (χ1v) is 13.3. The highest BCUT2D eigenvalue weighted by molar-refractivity contribution is 6.58. The van der Waals surface area contributed by atoms with Crippen LogP contribution < -0.4 is 10.4 Å². The molecular weight excluding hydrogens is 489 g/mol. The molecule has 0 heterocycles. The second-order valence-corrected chi connectivity index (χ2v) is 9.67. The molecule has 40 heavy (non-hydrogen) atoms. The first-order chi connectivity index (χ1) is 19.7. The average Bonchev–Trinajstić information content (AvgIpc) is 3.03. The van der Waals surface area contributed by atoms with Gasteiger partial charge < -0.3 is 14.9 Å². The molecule has 0 bridgehead atoms. The zero-order valence-electron chi connectivity index (χ0n) is 21.9. The van der Waals surface area contributed by atoms with Crippen LogP contribution in [0.1, 0.15) is 0 Å². The van der Waals surface area contributed by atoms with Crippen molar-refractivity contribution < 1.29 is 10.0 Å². The lowest BCUT2D eigenvalue weighted by Crippen LogP contribution is -2.29. The van der Waals surface area contributed by atoms with Gasteiger partial charge in [0.05, 0.1) is 5.69 Å². The lowest BCUT2D eigenvalue weighted by molar-refractivity contribution is 0.426. The van der Waals surface area contributed by atoms with Crippen molar-refractivity contribution in [2.45, 2.75) is 0 Å². The highest BCUT2D eigenvalue weighted by Gasteiger charge is 2.17. The highest BCUT2D eigenvalue weighted by Crippen LogP contribution is 2.41. The maximum Gasteiger partial charge on any atom is 0.488 e. The van der Waals surface area contributed by atoms with Gasteiger partial charge >= 0.3 is 7.12 Å². The van der Waals surface area contributed by atoms with Crippen LogP contribution >= 0.6 is 0 Å². The predicted molar refractivity (Wildman–Crippen MR) is 167 cm³/mol. The molecule has 0 aliphatic rings. The van der Waals surface area contributed by atoms with E-state index in [1.165, 1.54) is 11.1 Å². The first-order valence-electron chi connectivity index (χ1n) is 13.3. The number of para-hydroxylation sites is 1. The third-order valence-electron chi connectivity index (χ3n) is 7.13. The highest BCUT2D eigenvalue weighted by atomic mass is 16.4. The Balaban J connectivity index is 1.43. The van der Waals surface area contributed by atoms with E-state index in [0.29, 0.717) is 5.46 Å². The monoisotopic (exact) mass is 517 g/mol. The minimum atomic E-state index is -1.47. The van der Waals surface area contributed by atoms with Gasteiger partial charge in [-0.25, -0.2) is 0 Å². The van der Waals surface area contributed by atoms with Gasteiger partial charge in [-0.3, -0.25) is 0 Å². The zero-order valence-corrected chi connectivity index (χ0v) is 21.9. The van der Waals surface area contributed by atoms with E-state index in [-0.39, 0.29) is 0 Å². The van der Waals surface area contributed by atoms with Crippen LogP contribution in [-0.2, 0) is 0 Å². The van der Waals surface area contributed by atoms with Crippen LogP contribution in [0.3, 0.4) is 0 Å². The number of anilines is 3. The molecule has 6 aromatic rings. The van der Waals surface area contributed by atoms with E-state index in [1.54, 1.807) is 12.1 Å². The molecule has 6 rings (SSSR count). The largest absolute Gasteiger partial charge is 0.488 e. The maximum atomic E-state index is 9.44. The van der Waals surface area contributed by atoms with Crippen LogP contribution in [0.4, 0.5) is 17.1 Å². The fraction of sp³-hybridized carbons (Fsp3) is 0. The maximum absolute atomic E-state index is 9.44. The van der Waals surface area contributed by atoms with Crippen molar-refractivity contribution in [2.75, 3.05) is 4.90 Å². The fourth-order valence-corrected chi connectivity index (χ4v) is 5.04. The summed E-state index contributed by atoms with van der Waals surface area (Å²) < 4.78 is 0. The van der Waals surface area contributed by atoms with Crippen molar-refractivity contribution in [3.8, 4) is 33.4 Å². The van der Waals surface area contributed by atoms with Gasteiger partial charge in [-0.05, 0) is 63.6 Å². The molecule has 3 nitrogen and oxygen atoms in total. The van der Waals surface area contributed by atoms with E-state index < -0.39 is 7.12 Å². The van der Waals surface area contributed by atoms with Gasteiger partial charge in [0, 0.05) is 16.9 Å². The Hall–Kier alpha value is -4.90. The van der Waals surface area contributed by atoms with E-state index >= 15 is 0 Å². The Morgan fingerprint density at radius 1 is 0.375 bits per heavy atom. The molecule has 0 atom stereocenters. The van der Waals surface area contributed by atoms with E-state index in [9.17, 15) is 10.0 Å². The molecule has 0 radical (unpaired) electrons. The van der Waals surface area contributed by atoms with Crippen molar-refractivity contribution in [3.05, 3.63) is 158 Å². The van der Waals surface area contributed by atoms with E-state index in [1.807, 2.05) is 24.3 Å². The van der Waals surface area contributed by atoms with Crippen molar-refractivity contribution in [1.29, 1.82) is 0 Å². The summed E-state index contributed by atoms with van der Waals surface area (Å²) in [6.45, 7) is 0. The van der Waals surface area contributed by atoms with Gasteiger partial charge in [-0.15, -0.1) is 0 Å². The molecule has 0 amide bonds. The van der Waals surface area contributed by atoms with Gasteiger partial charge in [-0.2, -0.15) is 0 Å². The summed E-state index contributed by atoms with van der Waals surface area (Å²) in [6, 6.07) is 53.9. The number of benzene rings is 6. The summed E-state index contributed by atoms with van der Waals surface area (Å²) in [5.74, 6) is 0. The summed E-state index contributed by atoms with van der Waals surface area (Å²) in [7, 11) is -1.47.